The number of amides is 2. The Bertz CT molecular complexity index is 769. The zero-order chi connectivity index (χ0) is 18.0. The third kappa shape index (κ3) is 3.90. The van der Waals surface area contributed by atoms with E-state index in [0.717, 1.165) is 24.1 Å². The lowest BCUT2D eigenvalue weighted by Crippen LogP contribution is -2.39. The van der Waals surface area contributed by atoms with Crippen LogP contribution in [0.2, 0.25) is 0 Å². The third-order valence-electron chi connectivity index (χ3n) is 4.79. The highest BCUT2D eigenvalue weighted by Crippen LogP contribution is 2.46. The van der Waals surface area contributed by atoms with Crippen molar-refractivity contribution in [1.29, 1.82) is 0 Å². The largest absolute Gasteiger partial charge is 0.341 e. The first-order valence-electron chi connectivity index (χ1n) is 8.69. The van der Waals surface area contributed by atoms with Crippen LogP contribution in [0.3, 0.4) is 0 Å². The molecule has 2 N–H and O–H groups in total. The summed E-state index contributed by atoms with van der Waals surface area (Å²) in [6.45, 7) is 4.15. The van der Waals surface area contributed by atoms with Gasteiger partial charge in [0.15, 0.2) is 0 Å². The molecule has 1 saturated carbocycles. The zero-order valence-corrected chi connectivity index (χ0v) is 14.8. The third-order valence-corrected chi connectivity index (χ3v) is 4.79. The molecule has 25 heavy (non-hydrogen) atoms. The van der Waals surface area contributed by atoms with Crippen LogP contribution in [0.15, 0.2) is 36.4 Å². The van der Waals surface area contributed by atoms with Crippen LogP contribution in [0, 0.1) is 11.8 Å². The first kappa shape index (κ1) is 17.2. The summed E-state index contributed by atoms with van der Waals surface area (Å²) in [5, 5.41) is 9.82. The molecule has 0 spiro atoms. The summed E-state index contributed by atoms with van der Waals surface area (Å²) < 4.78 is 1.57. The van der Waals surface area contributed by atoms with Crippen LogP contribution >= 0.6 is 0 Å². The van der Waals surface area contributed by atoms with E-state index in [1.165, 1.54) is 0 Å². The molecule has 1 aromatic heterocycles. The molecule has 2 amide bonds. The van der Waals surface area contributed by atoms with Crippen molar-refractivity contribution in [1.82, 2.24) is 15.1 Å². The van der Waals surface area contributed by atoms with Gasteiger partial charge in [-0.25, -0.2) is 0 Å². The second kappa shape index (κ2) is 7.09. The predicted octanol–water partition coefficient (Wildman–Crippen LogP) is 2.43. The van der Waals surface area contributed by atoms with Crippen LogP contribution in [0.1, 0.15) is 37.6 Å². The van der Waals surface area contributed by atoms with Gasteiger partial charge in [0.25, 0.3) is 0 Å². The summed E-state index contributed by atoms with van der Waals surface area (Å²) in [5.74, 6) is 0.167. The summed E-state index contributed by atoms with van der Waals surface area (Å²) in [4.78, 5) is 24.7. The molecule has 132 valence electrons. The Hall–Kier alpha value is -2.63. The maximum atomic E-state index is 12.4. The first-order chi connectivity index (χ1) is 12.0. The number of hydrogen-bond donors (Lipinski definition) is 2. The topological polar surface area (TPSA) is 76.0 Å². The molecule has 0 unspecified atom stereocenters. The van der Waals surface area contributed by atoms with Gasteiger partial charge in [-0.3, -0.25) is 14.3 Å². The summed E-state index contributed by atoms with van der Waals surface area (Å²) >= 11 is 0. The van der Waals surface area contributed by atoms with Gasteiger partial charge in [-0.15, -0.1) is 0 Å². The fourth-order valence-electron chi connectivity index (χ4n) is 3.11. The Morgan fingerprint density at radius 1 is 1.28 bits per heavy atom. The van der Waals surface area contributed by atoms with Gasteiger partial charge < -0.3 is 10.6 Å². The minimum Gasteiger partial charge on any atom is -0.341 e. The van der Waals surface area contributed by atoms with E-state index in [1.807, 2.05) is 37.3 Å². The molecule has 0 radical (unpaired) electrons. The van der Waals surface area contributed by atoms with Gasteiger partial charge >= 0.3 is 11.8 Å². The Morgan fingerprint density at radius 2 is 1.96 bits per heavy atom. The quantitative estimate of drug-likeness (QED) is 0.821. The van der Waals surface area contributed by atoms with Crippen LogP contribution in [-0.4, -0.2) is 21.6 Å². The molecule has 2 aromatic rings. The molecule has 3 atom stereocenters. The monoisotopic (exact) mass is 340 g/mol. The van der Waals surface area contributed by atoms with Crippen LogP contribution < -0.4 is 10.6 Å². The van der Waals surface area contributed by atoms with Crippen LogP contribution in [0.25, 0.3) is 0 Å². The van der Waals surface area contributed by atoms with E-state index in [4.69, 9.17) is 0 Å². The van der Waals surface area contributed by atoms with Gasteiger partial charge in [0.05, 0.1) is 11.7 Å². The number of anilines is 1. The molecule has 0 aliphatic heterocycles. The van der Waals surface area contributed by atoms with Gasteiger partial charge in [0, 0.05) is 13.1 Å². The fourth-order valence-corrected chi connectivity index (χ4v) is 3.11. The van der Waals surface area contributed by atoms with Crippen LogP contribution in [-0.2, 0) is 23.1 Å². The second-order valence-electron chi connectivity index (χ2n) is 6.69. The molecule has 6 nitrogen and oxygen atoms in total. The number of aryl methyl sites for hydroxylation is 2. The second-order valence-corrected chi connectivity index (χ2v) is 6.69. The maximum absolute atomic E-state index is 12.4. The Balaban J connectivity index is 1.68. The van der Waals surface area contributed by atoms with Gasteiger partial charge in [0.1, 0.15) is 5.82 Å². The number of carbonyl (C=O) groups excluding carboxylic acids is 2. The number of carbonyl (C=O) groups is 2. The highest BCUT2D eigenvalue weighted by atomic mass is 16.2. The number of hydrogen-bond acceptors (Lipinski definition) is 3. The van der Waals surface area contributed by atoms with E-state index in [-0.39, 0.29) is 6.04 Å². The maximum Gasteiger partial charge on any atom is 0.314 e. The molecule has 1 heterocycles. The van der Waals surface area contributed by atoms with Crippen molar-refractivity contribution < 1.29 is 9.59 Å². The Labute approximate surface area is 147 Å². The Kier molecular flexibility index (Phi) is 4.88. The van der Waals surface area contributed by atoms with Gasteiger partial charge in [-0.2, -0.15) is 5.10 Å². The highest BCUT2D eigenvalue weighted by molar-refractivity contribution is 6.39. The highest BCUT2D eigenvalue weighted by Gasteiger charge is 2.41. The normalized spacial score (nSPS) is 20.0. The van der Waals surface area contributed by atoms with Crippen LogP contribution in [0.4, 0.5) is 5.82 Å². The van der Waals surface area contributed by atoms with Crippen molar-refractivity contribution in [3.63, 3.8) is 0 Å². The number of rotatable bonds is 5. The summed E-state index contributed by atoms with van der Waals surface area (Å²) in [7, 11) is 1.74. The molecule has 0 bridgehead atoms. The standard InChI is InChI=1S/C19H24N4O2/c1-4-14-11-16(23(3)22-14)20-18(24)19(25)21-17(15-10-12(15)2)13-8-6-5-7-9-13/h5-9,11-12,15,17H,4,10H2,1-3H3,(H,20,24)(H,21,25)/t12-,15-,17-/m1/s1. The van der Waals surface area contributed by atoms with Crippen molar-refractivity contribution in [3.05, 3.63) is 47.7 Å². The number of benzene rings is 1. The smallest absolute Gasteiger partial charge is 0.314 e. The van der Waals surface area contributed by atoms with Crippen LogP contribution in [0.5, 0.6) is 0 Å². The Morgan fingerprint density at radius 3 is 2.52 bits per heavy atom. The molecule has 6 heteroatoms. The van der Waals surface area contributed by atoms with Gasteiger partial charge in [-0.05, 0) is 30.2 Å². The molecule has 1 aromatic carbocycles. The number of aromatic nitrogens is 2. The van der Waals surface area contributed by atoms with E-state index in [9.17, 15) is 9.59 Å². The number of nitrogens with zero attached hydrogens (tertiary/aromatic N) is 2. The summed E-state index contributed by atoms with van der Waals surface area (Å²) in [6, 6.07) is 11.5. The van der Waals surface area contributed by atoms with E-state index in [0.29, 0.717) is 17.7 Å². The summed E-state index contributed by atoms with van der Waals surface area (Å²) in [6.07, 6.45) is 1.83. The van der Waals surface area contributed by atoms with E-state index in [1.54, 1.807) is 17.8 Å². The summed E-state index contributed by atoms with van der Waals surface area (Å²) in [5.41, 5.74) is 1.90. The van der Waals surface area contributed by atoms with Gasteiger partial charge in [-0.1, -0.05) is 44.2 Å². The average Bonchev–Trinajstić information content (AvgIpc) is 3.23. The van der Waals surface area contributed by atoms with E-state index in [2.05, 4.69) is 22.7 Å². The van der Waals surface area contributed by atoms with Crippen molar-refractivity contribution in [3.8, 4) is 0 Å². The lowest BCUT2D eigenvalue weighted by molar-refractivity contribution is -0.136. The molecule has 1 aliphatic carbocycles. The van der Waals surface area contributed by atoms with Crippen molar-refractivity contribution in [2.24, 2.45) is 18.9 Å². The molecule has 1 aliphatic rings. The predicted molar refractivity (Wildman–Crippen MR) is 95.8 cm³/mol. The van der Waals surface area contributed by atoms with E-state index < -0.39 is 11.8 Å². The lowest BCUT2D eigenvalue weighted by atomic mass is 10.0. The van der Waals surface area contributed by atoms with Gasteiger partial charge in [0.2, 0.25) is 0 Å². The number of nitrogens with one attached hydrogen (secondary N) is 2. The van der Waals surface area contributed by atoms with Crippen molar-refractivity contribution in [2.45, 2.75) is 32.7 Å². The fraction of sp³-hybridized carbons (Fsp3) is 0.421. The zero-order valence-electron chi connectivity index (χ0n) is 14.8. The molecule has 1 fully saturated rings. The minimum atomic E-state index is -0.667. The molecule has 3 rings (SSSR count). The van der Waals surface area contributed by atoms with E-state index >= 15 is 0 Å². The average molecular weight is 340 g/mol. The SMILES string of the molecule is CCc1cc(NC(=O)C(=O)N[C@H](c2ccccc2)[C@@H]2C[C@H]2C)n(C)n1. The molecular formula is C19H24N4O2. The van der Waals surface area contributed by atoms with Crippen molar-refractivity contribution in [2.75, 3.05) is 5.32 Å². The first-order valence-corrected chi connectivity index (χ1v) is 8.69. The molecular weight excluding hydrogens is 316 g/mol. The van der Waals surface area contributed by atoms with Crippen molar-refractivity contribution >= 4 is 17.6 Å². The lowest BCUT2D eigenvalue weighted by Gasteiger charge is -2.19. The minimum absolute atomic E-state index is 0.132. The molecule has 0 saturated heterocycles.